The van der Waals surface area contributed by atoms with Gasteiger partial charge < -0.3 is 10.0 Å². The molecule has 1 unspecified atom stereocenters. The van der Waals surface area contributed by atoms with Crippen molar-refractivity contribution in [3.63, 3.8) is 0 Å². The van der Waals surface area contributed by atoms with Crippen molar-refractivity contribution >= 4 is 23.6 Å². The molecule has 0 aromatic carbocycles. The molecular weight excluding hydrogens is 226 g/mol. The van der Waals surface area contributed by atoms with E-state index in [0.29, 0.717) is 17.5 Å². The zero-order chi connectivity index (χ0) is 11.3. The van der Waals surface area contributed by atoms with E-state index < -0.39 is 12.0 Å². The zero-order valence-electron chi connectivity index (χ0n) is 8.96. The second kappa shape index (κ2) is 3.65. The molecular formula is C11H15NO3S. The second-order valence-corrected chi connectivity index (χ2v) is 6.01. The smallest absolute Gasteiger partial charge is 0.327 e. The van der Waals surface area contributed by atoms with Gasteiger partial charge >= 0.3 is 5.97 Å². The van der Waals surface area contributed by atoms with E-state index in [0.717, 1.165) is 12.3 Å². The number of carboxylic acids is 1. The van der Waals surface area contributed by atoms with Crippen LogP contribution in [0.15, 0.2) is 0 Å². The lowest BCUT2D eigenvalue weighted by Gasteiger charge is -2.24. The maximum absolute atomic E-state index is 12.2. The Hall–Kier alpha value is -0.710. The summed E-state index contributed by atoms with van der Waals surface area (Å²) in [7, 11) is 0. The number of carbonyl (C=O) groups is 2. The minimum atomic E-state index is -0.858. The fourth-order valence-electron chi connectivity index (χ4n) is 3.09. The summed E-state index contributed by atoms with van der Waals surface area (Å²) in [4.78, 5) is 24.8. The number of amides is 1. The van der Waals surface area contributed by atoms with Gasteiger partial charge in [-0.25, -0.2) is 4.79 Å². The molecule has 3 aliphatic rings. The summed E-state index contributed by atoms with van der Waals surface area (Å²) in [5.41, 5.74) is 0. The molecule has 3 fully saturated rings. The van der Waals surface area contributed by atoms with Gasteiger partial charge in [-0.15, -0.1) is 11.8 Å². The van der Waals surface area contributed by atoms with E-state index in [9.17, 15) is 9.59 Å². The van der Waals surface area contributed by atoms with E-state index in [-0.39, 0.29) is 11.8 Å². The number of carboxylic acid groups (broad SMARTS) is 1. The molecule has 1 N–H and O–H groups in total. The van der Waals surface area contributed by atoms with Gasteiger partial charge in [-0.1, -0.05) is 0 Å². The molecule has 0 spiro atoms. The normalized spacial score (nSPS) is 40.9. The molecule has 88 valence electrons. The Balaban J connectivity index is 1.71. The lowest BCUT2D eigenvalue weighted by molar-refractivity contribution is -0.149. The average molecular weight is 241 g/mol. The van der Waals surface area contributed by atoms with Crippen molar-refractivity contribution in [2.24, 2.45) is 17.8 Å². The molecule has 1 amide bonds. The molecule has 4 atom stereocenters. The van der Waals surface area contributed by atoms with E-state index in [2.05, 4.69) is 0 Å². The highest BCUT2D eigenvalue weighted by atomic mass is 32.2. The summed E-state index contributed by atoms with van der Waals surface area (Å²) in [6.45, 7) is 0. The first kappa shape index (κ1) is 10.4. The number of fused-ring (bicyclic) bond motifs is 1. The van der Waals surface area contributed by atoms with E-state index in [1.165, 1.54) is 12.8 Å². The predicted molar refractivity (Wildman–Crippen MR) is 59.9 cm³/mol. The van der Waals surface area contributed by atoms with Crippen LogP contribution in [0.25, 0.3) is 0 Å². The Kier molecular flexibility index (Phi) is 2.38. The minimum Gasteiger partial charge on any atom is -0.480 e. The fraction of sp³-hybridized carbons (Fsp3) is 0.818. The predicted octanol–water partition coefficient (Wildman–Crippen LogP) is 1.02. The fourth-order valence-corrected chi connectivity index (χ4v) is 4.24. The first-order valence-electron chi connectivity index (χ1n) is 5.79. The highest BCUT2D eigenvalue weighted by Crippen LogP contribution is 2.56. The van der Waals surface area contributed by atoms with Crippen molar-refractivity contribution in [3.8, 4) is 0 Å². The van der Waals surface area contributed by atoms with E-state index in [1.54, 1.807) is 16.7 Å². The molecule has 4 nitrogen and oxygen atoms in total. The third-order valence-corrected chi connectivity index (χ3v) is 5.12. The molecule has 1 aliphatic heterocycles. The van der Waals surface area contributed by atoms with Gasteiger partial charge in [-0.2, -0.15) is 0 Å². The molecule has 0 bridgehead atoms. The number of rotatable bonds is 2. The third kappa shape index (κ3) is 1.52. The van der Waals surface area contributed by atoms with Crippen molar-refractivity contribution in [1.29, 1.82) is 0 Å². The molecule has 0 aromatic rings. The van der Waals surface area contributed by atoms with Gasteiger partial charge in [0.2, 0.25) is 5.91 Å². The average Bonchev–Trinajstić information content (AvgIpc) is 2.75. The minimum absolute atomic E-state index is 0.0994. The van der Waals surface area contributed by atoms with Gasteiger partial charge in [-0.05, 0) is 31.1 Å². The number of hydrogen-bond acceptors (Lipinski definition) is 3. The van der Waals surface area contributed by atoms with Crippen LogP contribution in [-0.2, 0) is 9.59 Å². The van der Waals surface area contributed by atoms with Gasteiger partial charge in [0.25, 0.3) is 0 Å². The van der Waals surface area contributed by atoms with Crippen LogP contribution in [-0.4, -0.2) is 39.6 Å². The number of nitrogens with zero attached hydrogens (tertiary/aromatic N) is 1. The van der Waals surface area contributed by atoms with Crippen molar-refractivity contribution in [1.82, 2.24) is 4.90 Å². The summed E-state index contributed by atoms with van der Waals surface area (Å²) in [5, 5.41) is 9.04. The Morgan fingerprint density at radius 1 is 1.31 bits per heavy atom. The molecule has 0 radical (unpaired) electrons. The zero-order valence-corrected chi connectivity index (χ0v) is 9.78. The molecule has 5 heteroatoms. The molecule has 1 heterocycles. The number of aliphatic carboxylic acids is 1. The van der Waals surface area contributed by atoms with Crippen LogP contribution in [0.1, 0.15) is 19.3 Å². The third-order valence-electron chi connectivity index (χ3n) is 4.11. The Labute approximate surface area is 98.4 Å². The summed E-state index contributed by atoms with van der Waals surface area (Å²) in [6.07, 6.45) is 3.33. The number of thioether (sulfide) groups is 1. The SMILES string of the molecule is O=C(O)C1CSCN1C(=O)[C@@H]1CC[C@@H]2C[C@@H]21. The molecule has 2 aliphatic carbocycles. The molecule has 1 saturated heterocycles. The Morgan fingerprint density at radius 2 is 2.12 bits per heavy atom. The van der Waals surface area contributed by atoms with Crippen molar-refractivity contribution in [3.05, 3.63) is 0 Å². The number of hydrogen-bond donors (Lipinski definition) is 1. The molecule has 16 heavy (non-hydrogen) atoms. The van der Waals surface area contributed by atoms with Crippen LogP contribution < -0.4 is 0 Å². The summed E-state index contributed by atoms with van der Waals surface area (Å²) in [6, 6.07) is -0.588. The highest BCUT2D eigenvalue weighted by molar-refractivity contribution is 7.99. The largest absolute Gasteiger partial charge is 0.480 e. The van der Waals surface area contributed by atoms with Gasteiger partial charge in [0.1, 0.15) is 6.04 Å². The molecule has 2 saturated carbocycles. The van der Waals surface area contributed by atoms with Crippen molar-refractivity contribution < 1.29 is 14.7 Å². The Morgan fingerprint density at radius 3 is 2.69 bits per heavy atom. The molecule has 3 rings (SSSR count). The highest BCUT2D eigenvalue weighted by Gasteiger charge is 2.53. The second-order valence-electron chi connectivity index (χ2n) is 5.01. The van der Waals surface area contributed by atoms with Gasteiger partial charge in [0.05, 0.1) is 5.88 Å². The van der Waals surface area contributed by atoms with Crippen molar-refractivity contribution in [2.45, 2.75) is 25.3 Å². The summed E-state index contributed by atoms with van der Waals surface area (Å²) < 4.78 is 0. The van der Waals surface area contributed by atoms with Crippen LogP contribution in [0.2, 0.25) is 0 Å². The molecule has 0 aromatic heterocycles. The topological polar surface area (TPSA) is 57.6 Å². The van der Waals surface area contributed by atoms with Crippen LogP contribution >= 0.6 is 11.8 Å². The van der Waals surface area contributed by atoms with Crippen LogP contribution in [0.5, 0.6) is 0 Å². The summed E-state index contributed by atoms with van der Waals surface area (Å²) in [5.74, 6) is 1.82. The maximum atomic E-state index is 12.2. The van der Waals surface area contributed by atoms with Gasteiger partial charge in [-0.3, -0.25) is 4.79 Å². The first-order valence-corrected chi connectivity index (χ1v) is 6.95. The Bertz CT molecular complexity index is 346. The van der Waals surface area contributed by atoms with Crippen molar-refractivity contribution in [2.75, 3.05) is 11.6 Å². The van der Waals surface area contributed by atoms with Gasteiger partial charge in [0.15, 0.2) is 0 Å². The van der Waals surface area contributed by atoms with E-state index in [1.807, 2.05) is 0 Å². The number of carbonyl (C=O) groups excluding carboxylic acids is 1. The first-order chi connectivity index (χ1) is 7.68. The van der Waals surface area contributed by atoms with E-state index >= 15 is 0 Å². The monoisotopic (exact) mass is 241 g/mol. The lowest BCUT2D eigenvalue weighted by atomic mass is 10.0. The van der Waals surface area contributed by atoms with Gasteiger partial charge in [0, 0.05) is 11.7 Å². The van der Waals surface area contributed by atoms with Crippen LogP contribution in [0, 0.1) is 17.8 Å². The maximum Gasteiger partial charge on any atom is 0.327 e. The lowest BCUT2D eigenvalue weighted by Crippen LogP contribution is -2.44. The van der Waals surface area contributed by atoms with Crippen LogP contribution in [0.3, 0.4) is 0 Å². The standard InChI is InChI=1S/C11H15NO3S/c13-10(7-2-1-6-3-8(6)7)12-5-16-4-9(12)11(14)15/h6-9H,1-5H2,(H,14,15)/t6-,7-,8+,9?/m1/s1. The summed E-state index contributed by atoms with van der Waals surface area (Å²) >= 11 is 1.54. The van der Waals surface area contributed by atoms with Crippen LogP contribution in [0.4, 0.5) is 0 Å². The van der Waals surface area contributed by atoms with E-state index in [4.69, 9.17) is 5.11 Å². The quantitative estimate of drug-likeness (QED) is 0.784.